The molecule has 0 spiro atoms. The van der Waals surface area contributed by atoms with Gasteiger partial charge in [0.25, 0.3) is 0 Å². The van der Waals surface area contributed by atoms with Crippen molar-refractivity contribution in [3.05, 3.63) is 18.0 Å². The first-order valence-corrected chi connectivity index (χ1v) is 7.00. The Bertz CT molecular complexity index is 450. The summed E-state index contributed by atoms with van der Waals surface area (Å²) in [7, 11) is 0. The highest BCUT2D eigenvalue weighted by molar-refractivity contribution is 5.78. The van der Waals surface area contributed by atoms with Crippen molar-refractivity contribution >= 4 is 5.91 Å². The summed E-state index contributed by atoms with van der Waals surface area (Å²) >= 11 is 0. The summed E-state index contributed by atoms with van der Waals surface area (Å²) in [5.41, 5.74) is 6.71. The summed E-state index contributed by atoms with van der Waals surface area (Å²) in [4.78, 5) is 16.0. The van der Waals surface area contributed by atoms with Gasteiger partial charge in [0.1, 0.15) is 0 Å². The molecule has 2 aliphatic heterocycles. The van der Waals surface area contributed by atoms with Crippen LogP contribution in [-0.2, 0) is 17.9 Å². The number of carbonyl (C=O) groups excluding carboxylic acids is 1. The largest absolute Gasteiger partial charge is 0.341 e. The highest BCUT2D eigenvalue weighted by Gasteiger charge is 2.28. The monoisotopic (exact) mass is 263 g/mol. The lowest BCUT2D eigenvalue weighted by atomic mass is 10.0. The molecule has 1 amide bonds. The molecular formula is C13H21N5O. The van der Waals surface area contributed by atoms with E-state index in [-0.39, 0.29) is 12.5 Å². The van der Waals surface area contributed by atoms with Crippen LogP contribution in [0, 0.1) is 0 Å². The van der Waals surface area contributed by atoms with Gasteiger partial charge in [-0.05, 0) is 18.9 Å². The van der Waals surface area contributed by atoms with Gasteiger partial charge in [-0.25, -0.2) is 0 Å². The van der Waals surface area contributed by atoms with Crippen LogP contribution >= 0.6 is 0 Å². The number of amides is 1. The number of likely N-dealkylation sites (tertiary alicyclic amines) is 1. The molecule has 0 saturated carbocycles. The van der Waals surface area contributed by atoms with Crippen LogP contribution in [0.3, 0.4) is 0 Å². The average molecular weight is 263 g/mol. The number of hydrogen-bond acceptors (Lipinski definition) is 4. The van der Waals surface area contributed by atoms with Gasteiger partial charge in [0, 0.05) is 38.4 Å². The first-order chi connectivity index (χ1) is 9.28. The first kappa shape index (κ1) is 12.6. The number of hydrogen-bond donors (Lipinski definition) is 1. The zero-order chi connectivity index (χ0) is 13.2. The van der Waals surface area contributed by atoms with E-state index in [1.165, 1.54) is 5.69 Å². The maximum Gasteiger partial charge on any atom is 0.236 e. The van der Waals surface area contributed by atoms with E-state index < -0.39 is 0 Å². The number of aromatic nitrogens is 2. The van der Waals surface area contributed by atoms with Crippen LogP contribution in [0.25, 0.3) is 0 Å². The fourth-order valence-electron chi connectivity index (χ4n) is 3.13. The number of nitrogens with two attached hydrogens (primary N) is 1. The van der Waals surface area contributed by atoms with Gasteiger partial charge >= 0.3 is 0 Å². The van der Waals surface area contributed by atoms with Gasteiger partial charge in [-0.15, -0.1) is 0 Å². The lowest BCUT2D eigenvalue weighted by Gasteiger charge is -2.40. The fraction of sp³-hybridized carbons (Fsp3) is 0.692. The van der Waals surface area contributed by atoms with Crippen molar-refractivity contribution in [3.8, 4) is 0 Å². The minimum absolute atomic E-state index is 0.0789. The number of rotatable bonds is 2. The smallest absolute Gasteiger partial charge is 0.236 e. The Morgan fingerprint density at radius 1 is 1.32 bits per heavy atom. The summed E-state index contributed by atoms with van der Waals surface area (Å²) in [6, 6.07) is 2.68. The molecule has 6 nitrogen and oxygen atoms in total. The highest BCUT2D eigenvalue weighted by atomic mass is 16.2. The zero-order valence-corrected chi connectivity index (χ0v) is 11.2. The second-order valence-electron chi connectivity index (χ2n) is 5.33. The molecule has 0 unspecified atom stereocenters. The summed E-state index contributed by atoms with van der Waals surface area (Å²) in [5.74, 6) is 0.0789. The van der Waals surface area contributed by atoms with E-state index in [0.29, 0.717) is 6.04 Å². The first-order valence-electron chi connectivity index (χ1n) is 7.00. The summed E-state index contributed by atoms with van der Waals surface area (Å²) < 4.78 is 2.09. The van der Waals surface area contributed by atoms with Gasteiger partial charge in [0.05, 0.1) is 18.8 Å². The Kier molecular flexibility index (Phi) is 3.52. The Hall–Kier alpha value is -1.40. The lowest BCUT2D eigenvalue weighted by molar-refractivity contribution is -0.131. The standard InChI is InChI=1S/C13H21N5O/c14-9-13(19)16-5-2-11(3-6-16)17-7-8-18-12(10-17)1-4-15-18/h1,4,11H,2-3,5-10,14H2. The van der Waals surface area contributed by atoms with Crippen molar-refractivity contribution < 1.29 is 4.79 Å². The third-order valence-corrected chi connectivity index (χ3v) is 4.28. The molecule has 3 heterocycles. The minimum Gasteiger partial charge on any atom is -0.341 e. The lowest BCUT2D eigenvalue weighted by Crippen LogP contribution is -2.49. The minimum atomic E-state index is 0.0789. The number of carbonyl (C=O) groups is 1. The normalized spacial score (nSPS) is 21.4. The summed E-state index contributed by atoms with van der Waals surface area (Å²) in [6.07, 6.45) is 3.99. The van der Waals surface area contributed by atoms with Crippen molar-refractivity contribution in [3.63, 3.8) is 0 Å². The van der Waals surface area contributed by atoms with Gasteiger partial charge in [-0.2, -0.15) is 5.10 Å². The SMILES string of the molecule is NCC(=O)N1CCC(N2CCn3nccc3C2)CC1. The average Bonchev–Trinajstić information content (AvgIpc) is 2.94. The van der Waals surface area contributed by atoms with Crippen LogP contribution < -0.4 is 5.73 Å². The Morgan fingerprint density at radius 3 is 2.84 bits per heavy atom. The third-order valence-electron chi connectivity index (χ3n) is 4.28. The van der Waals surface area contributed by atoms with Gasteiger partial charge in [0.15, 0.2) is 0 Å². The molecule has 0 radical (unpaired) electrons. The maximum atomic E-state index is 11.6. The molecule has 0 aromatic carbocycles. The Morgan fingerprint density at radius 2 is 2.11 bits per heavy atom. The van der Waals surface area contributed by atoms with E-state index in [0.717, 1.165) is 45.6 Å². The molecule has 2 N–H and O–H groups in total. The topological polar surface area (TPSA) is 67.4 Å². The van der Waals surface area contributed by atoms with Crippen LogP contribution in [0.2, 0.25) is 0 Å². The number of fused-ring (bicyclic) bond motifs is 1. The van der Waals surface area contributed by atoms with Crippen LogP contribution in [-0.4, -0.2) is 57.7 Å². The Balaban J connectivity index is 1.57. The predicted molar refractivity (Wildman–Crippen MR) is 71.3 cm³/mol. The second kappa shape index (κ2) is 5.30. The van der Waals surface area contributed by atoms with Crippen LogP contribution in [0.5, 0.6) is 0 Å². The number of piperidine rings is 1. The van der Waals surface area contributed by atoms with E-state index in [1.54, 1.807) is 0 Å². The van der Waals surface area contributed by atoms with Crippen molar-refractivity contribution in [1.82, 2.24) is 19.6 Å². The van der Waals surface area contributed by atoms with E-state index in [9.17, 15) is 4.79 Å². The summed E-state index contributed by atoms with van der Waals surface area (Å²) in [6.45, 7) is 4.84. The molecule has 6 heteroatoms. The Labute approximate surface area is 113 Å². The molecule has 0 bridgehead atoms. The second-order valence-corrected chi connectivity index (χ2v) is 5.33. The van der Waals surface area contributed by atoms with E-state index in [1.807, 2.05) is 11.1 Å². The van der Waals surface area contributed by atoms with Crippen molar-refractivity contribution in [2.75, 3.05) is 26.2 Å². The molecule has 1 saturated heterocycles. The molecule has 2 aliphatic rings. The molecular weight excluding hydrogens is 242 g/mol. The van der Waals surface area contributed by atoms with Gasteiger partial charge in [0.2, 0.25) is 5.91 Å². The molecule has 104 valence electrons. The molecule has 19 heavy (non-hydrogen) atoms. The van der Waals surface area contributed by atoms with Gasteiger partial charge in [-0.3, -0.25) is 14.4 Å². The van der Waals surface area contributed by atoms with Crippen LogP contribution in [0.4, 0.5) is 0 Å². The quantitative estimate of drug-likeness (QED) is 0.792. The fourth-order valence-corrected chi connectivity index (χ4v) is 3.13. The molecule has 1 aromatic rings. The maximum absolute atomic E-state index is 11.6. The van der Waals surface area contributed by atoms with Crippen molar-refractivity contribution in [2.45, 2.75) is 32.0 Å². The molecule has 0 atom stereocenters. The molecule has 1 fully saturated rings. The third kappa shape index (κ3) is 2.50. The van der Waals surface area contributed by atoms with Crippen molar-refractivity contribution in [1.29, 1.82) is 0 Å². The number of nitrogens with zero attached hydrogens (tertiary/aromatic N) is 4. The van der Waals surface area contributed by atoms with E-state index >= 15 is 0 Å². The molecule has 3 rings (SSSR count). The summed E-state index contributed by atoms with van der Waals surface area (Å²) in [5, 5.41) is 4.31. The van der Waals surface area contributed by atoms with Crippen LogP contribution in [0.1, 0.15) is 18.5 Å². The van der Waals surface area contributed by atoms with E-state index in [2.05, 4.69) is 20.7 Å². The van der Waals surface area contributed by atoms with Gasteiger partial charge < -0.3 is 10.6 Å². The zero-order valence-electron chi connectivity index (χ0n) is 11.2. The molecule has 0 aliphatic carbocycles. The molecule has 1 aromatic heterocycles. The van der Waals surface area contributed by atoms with E-state index in [4.69, 9.17) is 5.73 Å². The van der Waals surface area contributed by atoms with Gasteiger partial charge in [-0.1, -0.05) is 0 Å². The van der Waals surface area contributed by atoms with Crippen molar-refractivity contribution in [2.24, 2.45) is 5.73 Å². The predicted octanol–water partition coefficient (Wildman–Crippen LogP) is -0.352. The van der Waals surface area contributed by atoms with Crippen LogP contribution in [0.15, 0.2) is 12.3 Å². The highest BCUT2D eigenvalue weighted by Crippen LogP contribution is 2.21.